The van der Waals surface area contributed by atoms with Crippen LogP contribution in [0, 0.1) is 13.8 Å². The molecular formula is C23H31N5O3. The third kappa shape index (κ3) is 4.44. The molecule has 1 aliphatic heterocycles. The average Bonchev–Trinajstić information content (AvgIpc) is 3.37. The van der Waals surface area contributed by atoms with Crippen molar-refractivity contribution in [2.75, 3.05) is 19.6 Å². The van der Waals surface area contributed by atoms with Crippen LogP contribution in [0.4, 0.5) is 0 Å². The molecule has 0 radical (unpaired) electrons. The number of hydrogen-bond acceptors (Lipinski definition) is 5. The summed E-state index contributed by atoms with van der Waals surface area (Å²) in [7, 11) is 1.82. The van der Waals surface area contributed by atoms with E-state index in [0.717, 1.165) is 41.1 Å². The molecule has 0 aromatic carbocycles. The molecule has 1 atom stereocenters. The van der Waals surface area contributed by atoms with Crippen LogP contribution in [0.1, 0.15) is 54.3 Å². The van der Waals surface area contributed by atoms with Crippen molar-refractivity contribution in [2.45, 2.75) is 52.0 Å². The van der Waals surface area contributed by atoms with E-state index in [1.165, 1.54) is 19.3 Å². The molecule has 1 fully saturated rings. The van der Waals surface area contributed by atoms with E-state index in [2.05, 4.69) is 20.3 Å². The Morgan fingerprint density at radius 2 is 2.06 bits per heavy atom. The Kier molecular flexibility index (Phi) is 6.27. The molecule has 4 heterocycles. The van der Waals surface area contributed by atoms with Gasteiger partial charge in [-0.05, 0) is 63.9 Å². The average molecular weight is 426 g/mol. The van der Waals surface area contributed by atoms with Gasteiger partial charge >= 0.3 is 0 Å². The van der Waals surface area contributed by atoms with Crippen LogP contribution in [-0.4, -0.2) is 45.2 Å². The Labute approximate surface area is 181 Å². The van der Waals surface area contributed by atoms with E-state index in [9.17, 15) is 9.59 Å². The second kappa shape index (κ2) is 9.09. The van der Waals surface area contributed by atoms with Crippen LogP contribution in [0.25, 0.3) is 11.0 Å². The molecule has 2 N–H and O–H groups in total. The van der Waals surface area contributed by atoms with Crippen LogP contribution in [0.3, 0.4) is 0 Å². The van der Waals surface area contributed by atoms with E-state index in [0.29, 0.717) is 18.5 Å². The van der Waals surface area contributed by atoms with Gasteiger partial charge in [-0.1, -0.05) is 6.42 Å². The lowest BCUT2D eigenvalue weighted by Crippen LogP contribution is -2.40. The fourth-order valence-electron chi connectivity index (χ4n) is 4.71. The Morgan fingerprint density at radius 1 is 1.29 bits per heavy atom. The first kappa shape index (κ1) is 21.4. The minimum absolute atomic E-state index is 0.0405. The van der Waals surface area contributed by atoms with E-state index < -0.39 is 0 Å². The number of furan rings is 1. The maximum absolute atomic E-state index is 12.6. The van der Waals surface area contributed by atoms with E-state index in [1.807, 2.05) is 33.0 Å². The van der Waals surface area contributed by atoms with Crippen molar-refractivity contribution in [3.05, 3.63) is 51.3 Å². The van der Waals surface area contributed by atoms with Crippen molar-refractivity contribution in [3.63, 3.8) is 0 Å². The highest BCUT2D eigenvalue weighted by molar-refractivity contribution is 5.83. The van der Waals surface area contributed by atoms with E-state index in [1.54, 1.807) is 10.9 Å². The first-order valence-electron chi connectivity index (χ1n) is 11.0. The Balaban J connectivity index is 1.42. The maximum Gasteiger partial charge on any atom is 0.253 e. The molecule has 0 bridgehead atoms. The van der Waals surface area contributed by atoms with E-state index >= 15 is 0 Å². The third-order valence-electron chi connectivity index (χ3n) is 6.35. The molecule has 0 spiro atoms. The molecule has 3 aromatic rings. The molecule has 3 aromatic heterocycles. The summed E-state index contributed by atoms with van der Waals surface area (Å²) in [5.74, 6) is 0.822. The van der Waals surface area contributed by atoms with Gasteiger partial charge in [0.1, 0.15) is 11.4 Å². The number of H-pyrrole nitrogens is 1. The van der Waals surface area contributed by atoms with Crippen molar-refractivity contribution in [1.29, 1.82) is 0 Å². The molecule has 31 heavy (non-hydrogen) atoms. The van der Waals surface area contributed by atoms with Crippen molar-refractivity contribution in [1.82, 2.24) is 25.0 Å². The van der Waals surface area contributed by atoms with E-state index in [4.69, 9.17) is 4.42 Å². The predicted molar refractivity (Wildman–Crippen MR) is 119 cm³/mol. The Hall–Kier alpha value is -2.87. The van der Waals surface area contributed by atoms with Crippen LogP contribution < -0.4 is 10.9 Å². The van der Waals surface area contributed by atoms with Crippen molar-refractivity contribution < 1.29 is 9.21 Å². The second-order valence-electron chi connectivity index (χ2n) is 8.42. The summed E-state index contributed by atoms with van der Waals surface area (Å²) in [6.45, 7) is 6.39. The lowest BCUT2D eigenvalue weighted by Gasteiger charge is -2.33. The molecule has 166 valence electrons. The summed E-state index contributed by atoms with van der Waals surface area (Å²) < 4.78 is 7.34. The number of aromatic amines is 1. The normalized spacial score (nSPS) is 16.0. The van der Waals surface area contributed by atoms with Gasteiger partial charge in [0.2, 0.25) is 5.91 Å². The molecule has 8 heteroatoms. The van der Waals surface area contributed by atoms with Crippen LogP contribution in [-0.2, 0) is 18.3 Å². The van der Waals surface area contributed by atoms with Crippen molar-refractivity contribution in [2.24, 2.45) is 7.05 Å². The largest absolute Gasteiger partial charge is 0.468 e. The summed E-state index contributed by atoms with van der Waals surface area (Å²) in [4.78, 5) is 30.6. The molecule has 1 amide bonds. The fourth-order valence-corrected chi connectivity index (χ4v) is 4.71. The Morgan fingerprint density at radius 3 is 2.77 bits per heavy atom. The third-order valence-corrected chi connectivity index (χ3v) is 6.35. The van der Waals surface area contributed by atoms with E-state index in [-0.39, 0.29) is 23.9 Å². The number of nitrogens with zero attached hydrogens (tertiary/aromatic N) is 3. The number of piperidine rings is 1. The molecule has 1 aliphatic rings. The smallest absolute Gasteiger partial charge is 0.253 e. The zero-order chi connectivity index (χ0) is 22.0. The molecule has 1 saturated heterocycles. The van der Waals surface area contributed by atoms with Crippen LogP contribution in [0.5, 0.6) is 0 Å². The number of aryl methyl sites for hydroxylation is 3. The van der Waals surface area contributed by atoms with Gasteiger partial charge in [-0.2, -0.15) is 5.10 Å². The molecular weight excluding hydrogens is 394 g/mol. The molecule has 1 unspecified atom stereocenters. The first-order valence-corrected chi connectivity index (χ1v) is 11.0. The quantitative estimate of drug-likeness (QED) is 0.607. The minimum Gasteiger partial charge on any atom is -0.468 e. The van der Waals surface area contributed by atoms with Gasteiger partial charge in [0, 0.05) is 31.0 Å². The lowest BCUT2D eigenvalue weighted by atomic mass is 10.0. The SMILES string of the molecule is Cc1nn(C)c2[nH]c(=O)c(CCC(=O)NCC(c3ccco3)N3CCCCC3)c(C)c12. The number of pyridine rings is 1. The highest BCUT2D eigenvalue weighted by Gasteiger charge is 2.25. The predicted octanol–water partition coefficient (Wildman–Crippen LogP) is 2.75. The highest BCUT2D eigenvalue weighted by atomic mass is 16.3. The van der Waals surface area contributed by atoms with Crippen LogP contribution in [0.2, 0.25) is 0 Å². The molecule has 4 rings (SSSR count). The zero-order valence-corrected chi connectivity index (χ0v) is 18.5. The Bertz CT molecular complexity index is 1110. The van der Waals surface area contributed by atoms with Gasteiger partial charge in [0.05, 0.1) is 18.0 Å². The monoisotopic (exact) mass is 425 g/mol. The van der Waals surface area contributed by atoms with Gasteiger partial charge in [0.15, 0.2) is 0 Å². The van der Waals surface area contributed by atoms with Crippen molar-refractivity contribution >= 4 is 16.9 Å². The highest BCUT2D eigenvalue weighted by Crippen LogP contribution is 2.25. The standard InChI is InChI=1S/C23H31N5O3/c1-15-17(23(30)25-22-21(15)16(2)26-27(22)3)9-10-20(29)24-14-18(19-8-7-13-31-19)28-11-5-4-6-12-28/h7-8,13,18H,4-6,9-12,14H2,1-3H3,(H,24,29)(H,25,30). The number of rotatable bonds is 7. The van der Waals surface area contributed by atoms with Crippen molar-refractivity contribution in [3.8, 4) is 0 Å². The number of carbonyl (C=O) groups excluding carboxylic acids is 1. The zero-order valence-electron chi connectivity index (χ0n) is 18.5. The summed E-state index contributed by atoms with van der Waals surface area (Å²) in [6, 6.07) is 3.90. The van der Waals surface area contributed by atoms with Gasteiger partial charge in [-0.15, -0.1) is 0 Å². The topological polar surface area (TPSA) is 96.2 Å². The van der Waals surface area contributed by atoms with Gasteiger partial charge in [-0.25, -0.2) is 0 Å². The first-order chi connectivity index (χ1) is 15.0. The summed E-state index contributed by atoms with van der Waals surface area (Å²) in [6.07, 6.45) is 5.93. The number of likely N-dealkylation sites (tertiary alicyclic amines) is 1. The van der Waals surface area contributed by atoms with Crippen LogP contribution >= 0.6 is 0 Å². The molecule has 0 saturated carbocycles. The van der Waals surface area contributed by atoms with Gasteiger partial charge < -0.3 is 14.7 Å². The minimum atomic E-state index is -0.150. The molecule has 8 nitrogen and oxygen atoms in total. The maximum atomic E-state index is 12.6. The number of amides is 1. The number of fused-ring (bicyclic) bond motifs is 1. The van der Waals surface area contributed by atoms with Gasteiger partial charge in [-0.3, -0.25) is 19.2 Å². The number of aromatic nitrogens is 3. The molecule has 0 aliphatic carbocycles. The summed E-state index contributed by atoms with van der Waals surface area (Å²) in [5, 5.41) is 8.42. The fraction of sp³-hybridized carbons (Fsp3) is 0.522. The lowest BCUT2D eigenvalue weighted by molar-refractivity contribution is -0.121. The number of hydrogen-bond donors (Lipinski definition) is 2. The second-order valence-corrected chi connectivity index (χ2v) is 8.42. The van der Waals surface area contributed by atoms with Gasteiger partial charge in [0.25, 0.3) is 5.56 Å². The summed E-state index contributed by atoms with van der Waals surface area (Å²) in [5.41, 5.74) is 3.00. The number of nitrogens with one attached hydrogen (secondary N) is 2. The number of carbonyl (C=O) groups is 1. The van der Waals surface area contributed by atoms with Crippen LogP contribution in [0.15, 0.2) is 27.6 Å². The summed E-state index contributed by atoms with van der Waals surface area (Å²) >= 11 is 0.